The number of benzene rings is 3. The summed E-state index contributed by atoms with van der Waals surface area (Å²) in [7, 11) is 1.56. The Labute approximate surface area is 211 Å². The highest BCUT2D eigenvalue weighted by Gasteiger charge is 2.17. The molecule has 36 heavy (non-hydrogen) atoms. The van der Waals surface area contributed by atoms with E-state index in [0.29, 0.717) is 28.0 Å². The Morgan fingerprint density at radius 2 is 1.78 bits per heavy atom. The summed E-state index contributed by atoms with van der Waals surface area (Å²) in [5, 5.41) is 14.6. The molecule has 4 rings (SSSR count). The van der Waals surface area contributed by atoms with E-state index in [2.05, 4.69) is 20.8 Å². The van der Waals surface area contributed by atoms with Gasteiger partial charge in [0.1, 0.15) is 11.6 Å². The second-order valence-corrected chi connectivity index (χ2v) is 8.77. The molecule has 0 aliphatic rings. The van der Waals surface area contributed by atoms with Crippen molar-refractivity contribution in [3.05, 3.63) is 95.6 Å². The van der Waals surface area contributed by atoms with Gasteiger partial charge in [-0.1, -0.05) is 23.9 Å². The molecule has 0 aliphatic heterocycles. The molecule has 0 bridgehead atoms. The molecule has 0 fully saturated rings. The fraction of sp³-hybridized carbons (Fsp3) is 0.154. The molecule has 1 heterocycles. The lowest BCUT2D eigenvalue weighted by Crippen LogP contribution is -2.24. The molecule has 0 atom stereocenters. The van der Waals surface area contributed by atoms with E-state index in [4.69, 9.17) is 4.74 Å². The van der Waals surface area contributed by atoms with Gasteiger partial charge in [-0.15, -0.1) is 10.2 Å². The van der Waals surface area contributed by atoms with Gasteiger partial charge < -0.3 is 15.4 Å². The lowest BCUT2D eigenvalue weighted by molar-refractivity contribution is -0.113. The zero-order valence-corrected chi connectivity index (χ0v) is 20.5. The number of amides is 2. The Morgan fingerprint density at radius 1 is 1.03 bits per heavy atom. The Balaban J connectivity index is 1.49. The van der Waals surface area contributed by atoms with Gasteiger partial charge in [0.25, 0.3) is 5.91 Å². The van der Waals surface area contributed by atoms with E-state index >= 15 is 0 Å². The van der Waals surface area contributed by atoms with Crippen LogP contribution >= 0.6 is 11.8 Å². The molecular formula is C26H24FN5O3S. The van der Waals surface area contributed by atoms with Crippen LogP contribution in [-0.2, 0) is 11.3 Å². The van der Waals surface area contributed by atoms with Gasteiger partial charge in [0.15, 0.2) is 11.0 Å². The zero-order chi connectivity index (χ0) is 25.5. The Hall–Kier alpha value is -4.18. The number of ether oxygens (including phenoxy) is 1. The van der Waals surface area contributed by atoms with Crippen LogP contribution < -0.4 is 15.4 Å². The van der Waals surface area contributed by atoms with Crippen molar-refractivity contribution in [2.24, 2.45) is 0 Å². The van der Waals surface area contributed by atoms with E-state index < -0.39 is 0 Å². The third-order valence-corrected chi connectivity index (χ3v) is 6.11. The summed E-state index contributed by atoms with van der Waals surface area (Å²) in [4.78, 5) is 25.1. The number of hydrogen-bond donors (Lipinski definition) is 2. The molecule has 10 heteroatoms. The highest BCUT2D eigenvalue weighted by molar-refractivity contribution is 7.99. The number of nitrogens with one attached hydrogen (secondary N) is 2. The van der Waals surface area contributed by atoms with E-state index in [9.17, 15) is 14.0 Å². The number of nitrogens with zero attached hydrogens (tertiary/aromatic N) is 3. The summed E-state index contributed by atoms with van der Waals surface area (Å²) >= 11 is 1.21. The first-order chi connectivity index (χ1) is 17.4. The fourth-order valence-corrected chi connectivity index (χ4v) is 4.17. The first-order valence-corrected chi connectivity index (χ1v) is 12.0. The van der Waals surface area contributed by atoms with Crippen molar-refractivity contribution in [2.45, 2.75) is 18.6 Å². The number of rotatable bonds is 9. The van der Waals surface area contributed by atoms with E-state index in [1.165, 1.54) is 36.0 Å². The van der Waals surface area contributed by atoms with Crippen LogP contribution in [0.5, 0.6) is 5.75 Å². The molecule has 8 nitrogen and oxygen atoms in total. The fourth-order valence-electron chi connectivity index (χ4n) is 3.40. The summed E-state index contributed by atoms with van der Waals surface area (Å²) in [6.07, 6.45) is 0. The molecule has 1 aromatic heterocycles. The smallest absolute Gasteiger partial charge is 0.251 e. The Morgan fingerprint density at radius 3 is 2.47 bits per heavy atom. The molecule has 2 amide bonds. The van der Waals surface area contributed by atoms with Crippen molar-refractivity contribution in [1.29, 1.82) is 0 Å². The highest BCUT2D eigenvalue weighted by Crippen LogP contribution is 2.23. The van der Waals surface area contributed by atoms with Gasteiger partial charge >= 0.3 is 0 Å². The predicted molar refractivity (Wildman–Crippen MR) is 136 cm³/mol. The van der Waals surface area contributed by atoms with E-state index in [0.717, 1.165) is 11.3 Å². The number of hydrogen-bond acceptors (Lipinski definition) is 6. The number of methoxy groups -OCH3 is 1. The number of carbonyl (C=O) groups excluding carboxylic acids is 2. The van der Waals surface area contributed by atoms with Crippen LogP contribution in [-0.4, -0.2) is 39.4 Å². The summed E-state index contributed by atoms with van der Waals surface area (Å²) < 4.78 is 20.1. The van der Waals surface area contributed by atoms with Gasteiger partial charge in [0, 0.05) is 16.9 Å². The van der Waals surface area contributed by atoms with Crippen LogP contribution in [0, 0.1) is 12.7 Å². The van der Waals surface area contributed by atoms with Crippen LogP contribution in [0.15, 0.2) is 78.0 Å². The molecule has 0 radical (unpaired) electrons. The Kier molecular flexibility index (Phi) is 7.96. The highest BCUT2D eigenvalue weighted by atomic mass is 32.2. The summed E-state index contributed by atoms with van der Waals surface area (Å²) in [6.45, 7) is 2.11. The molecule has 184 valence electrons. The van der Waals surface area contributed by atoms with Gasteiger partial charge in [0.05, 0.1) is 19.4 Å². The maximum Gasteiger partial charge on any atom is 0.251 e. The normalized spacial score (nSPS) is 10.6. The number of anilines is 1. The van der Waals surface area contributed by atoms with Crippen LogP contribution in [0.2, 0.25) is 0 Å². The van der Waals surface area contributed by atoms with Gasteiger partial charge in [-0.3, -0.25) is 14.2 Å². The minimum Gasteiger partial charge on any atom is -0.497 e. The summed E-state index contributed by atoms with van der Waals surface area (Å²) in [6, 6.07) is 20.1. The van der Waals surface area contributed by atoms with Crippen molar-refractivity contribution in [3.63, 3.8) is 0 Å². The van der Waals surface area contributed by atoms with E-state index in [1.807, 2.05) is 35.8 Å². The third-order valence-electron chi connectivity index (χ3n) is 5.18. The lowest BCUT2D eigenvalue weighted by Gasteiger charge is -2.12. The van der Waals surface area contributed by atoms with Crippen LogP contribution in [0.3, 0.4) is 0 Å². The third kappa shape index (κ3) is 6.28. The molecule has 0 aliphatic carbocycles. The minimum absolute atomic E-state index is 0.0690. The number of aryl methyl sites for hydroxylation is 1. The average molecular weight is 506 g/mol. The largest absolute Gasteiger partial charge is 0.497 e. The number of thioether (sulfide) groups is 1. The van der Waals surface area contributed by atoms with Crippen LogP contribution in [0.1, 0.15) is 21.7 Å². The maximum atomic E-state index is 13.1. The van der Waals surface area contributed by atoms with Crippen LogP contribution in [0.4, 0.5) is 10.1 Å². The minimum atomic E-state index is -0.375. The van der Waals surface area contributed by atoms with Crippen molar-refractivity contribution in [3.8, 4) is 11.4 Å². The second kappa shape index (κ2) is 11.5. The standard InChI is InChI=1S/C26H24FN5O3S/c1-17-4-3-5-21(14-17)32-23(15-28-25(34)18-6-12-22(35-2)13-7-18)30-31-26(32)36-16-24(33)29-20-10-8-19(27)9-11-20/h3-14H,15-16H2,1-2H3,(H,28,34)(H,29,33). The number of carbonyl (C=O) groups is 2. The van der Waals surface area contributed by atoms with Gasteiger partial charge in [-0.25, -0.2) is 4.39 Å². The number of halogens is 1. The SMILES string of the molecule is COc1ccc(C(=O)NCc2nnc(SCC(=O)Nc3ccc(F)cc3)n2-c2cccc(C)c2)cc1. The maximum absolute atomic E-state index is 13.1. The first kappa shape index (κ1) is 24.9. The van der Waals surface area contributed by atoms with E-state index in [1.54, 1.807) is 31.4 Å². The molecule has 4 aromatic rings. The second-order valence-electron chi connectivity index (χ2n) is 7.83. The first-order valence-electron chi connectivity index (χ1n) is 11.0. The molecule has 0 spiro atoms. The summed E-state index contributed by atoms with van der Waals surface area (Å²) in [5.74, 6) is 0.351. The molecule has 0 unspecified atom stereocenters. The predicted octanol–water partition coefficient (Wildman–Crippen LogP) is 4.38. The molecule has 0 saturated heterocycles. The number of aromatic nitrogens is 3. The summed E-state index contributed by atoms with van der Waals surface area (Å²) in [5.41, 5.74) is 2.85. The topological polar surface area (TPSA) is 98.1 Å². The van der Waals surface area contributed by atoms with E-state index in [-0.39, 0.29) is 29.9 Å². The molecule has 2 N–H and O–H groups in total. The van der Waals surface area contributed by atoms with Gasteiger partial charge in [-0.05, 0) is 73.2 Å². The average Bonchev–Trinajstić information content (AvgIpc) is 3.30. The van der Waals surface area contributed by atoms with Crippen molar-refractivity contribution in [2.75, 3.05) is 18.2 Å². The van der Waals surface area contributed by atoms with Gasteiger partial charge in [-0.2, -0.15) is 0 Å². The quantitative estimate of drug-likeness (QED) is 0.328. The van der Waals surface area contributed by atoms with Crippen molar-refractivity contribution >= 4 is 29.3 Å². The van der Waals surface area contributed by atoms with Crippen molar-refractivity contribution in [1.82, 2.24) is 20.1 Å². The molecule has 3 aromatic carbocycles. The molecular weight excluding hydrogens is 481 g/mol. The Bertz CT molecular complexity index is 1360. The molecule has 0 saturated carbocycles. The van der Waals surface area contributed by atoms with Crippen molar-refractivity contribution < 1.29 is 18.7 Å². The van der Waals surface area contributed by atoms with Crippen LogP contribution in [0.25, 0.3) is 5.69 Å². The van der Waals surface area contributed by atoms with Gasteiger partial charge in [0.2, 0.25) is 5.91 Å². The lowest BCUT2D eigenvalue weighted by atomic mass is 10.2. The zero-order valence-electron chi connectivity index (χ0n) is 19.7. The monoisotopic (exact) mass is 505 g/mol.